The summed E-state index contributed by atoms with van der Waals surface area (Å²) in [4.78, 5) is 11.9. The molecule has 5 heteroatoms. The molecule has 0 saturated heterocycles. The highest BCUT2D eigenvalue weighted by Gasteiger charge is 2.16. The minimum Gasteiger partial charge on any atom is -0.454 e. The summed E-state index contributed by atoms with van der Waals surface area (Å²) in [6.45, 7) is 2.26. The van der Waals surface area contributed by atoms with Crippen LogP contribution in [0, 0.1) is 0 Å². The molecule has 1 aromatic carbocycles. The van der Waals surface area contributed by atoms with Crippen LogP contribution in [0.3, 0.4) is 0 Å². The van der Waals surface area contributed by atoms with Crippen LogP contribution in [0.1, 0.15) is 30.1 Å². The number of hydrazone groups is 1. The van der Waals surface area contributed by atoms with Crippen molar-refractivity contribution in [2.75, 3.05) is 6.79 Å². The predicted molar refractivity (Wildman–Crippen MR) is 70.5 cm³/mol. The van der Waals surface area contributed by atoms with Crippen molar-refractivity contribution in [2.24, 2.45) is 5.10 Å². The highest BCUT2D eigenvalue weighted by molar-refractivity contribution is 6.00. The van der Waals surface area contributed by atoms with Gasteiger partial charge in [0.2, 0.25) is 6.79 Å². The molecule has 1 N–H and O–H groups in total. The number of nitrogens with one attached hydrogen (secondary N) is 1. The van der Waals surface area contributed by atoms with E-state index in [-0.39, 0.29) is 12.7 Å². The van der Waals surface area contributed by atoms with Gasteiger partial charge in [-0.15, -0.1) is 0 Å². The molecule has 0 saturated carbocycles. The standard InChI is InChI=1S/C14H14N2O3/c1-9-2-4-11(6-9)15-16-14(17)10-3-5-12-13(7-10)19-8-18-12/h3,5-7H,2,4,8H2,1H3,(H,16,17)/b15-11-. The second-order valence-corrected chi connectivity index (χ2v) is 4.60. The minimum atomic E-state index is -0.247. The number of benzene rings is 1. The molecule has 98 valence electrons. The highest BCUT2D eigenvalue weighted by Crippen LogP contribution is 2.32. The van der Waals surface area contributed by atoms with E-state index in [1.807, 2.05) is 6.08 Å². The first kappa shape index (κ1) is 11.8. The SMILES string of the molecule is CC1=C/C(=N\NC(=O)c2ccc3c(c2)OCO3)CC1. The lowest BCUT2D eigenvalue weighted by Gasteiger charge is -2.02. The topological polar surface area (TPSA) is 59.9 Å². The maximum absolute atomic E-state index is 11.9. The lowest BCUT2D eigenvalue weighted by Crippen LogP contribution is -2.18. The molecule has 0 fully saturated rings. The zero-order chi connectivity index (χ0) is 13.2. The van der Waals surface area contributed by atoms with E-state index in [0.717, 1.165) is 18.6 Å². The fourth-order valence-electron chi connectivity index (χ4n) is 2.07. The number of carbonyl (C=O) groups is 1. The molecule has 2 aliphatic rings. The van der Waals surface area contributed by atoms with E-state index in [9.17, 15) is 4.79 Å². The molecule has 1 aliphatic carbocycles. The Morgan fingerprint density at radius 2 is 2.11 bits per heavy atom. The molecule has 5 nitrogen and oxygen atoms in total. The van der Waals surface area contributed by atoms with Gasteiger partial charge < -0.3 is 9.47 Å². The Labute approximate surface area is 110 Å². The molecule has 0 radical (unpaired) electrons. The van der Waals surface area contributed by atoms with Crippen LogP contribution in [-0.4, -0.2) is 18.4 Å². The summed E-state index contributed by atoms with van der Waals surface area (Å²) < 4.78 is 10.4. The second kappa shape index (κ2) is 4.76. The Bertz CT molecular complexity index is 590. The largest absolute Gasteiger partial charge is 0.454 e. The predicted octanol–water partition coefficient (Wildman–Crippen LogP) is 2.24. The van der Waals surface area contributed by atoms with Gasteiger partial charge in [-0.3, -0.25) is 4.79 Å². The Balaban J connectivity index is 1.71. The van der Waals surface area contributed by atoms with E-state index in [1.165, 1.54) is 5.57 Å². The molecule has 1 amide bonds. The van der Waals surface area contributed by atoms with Crippen molar-refractivity contribution in [3.63, 3.8) is 0 Å². The van der Waals surface area contributed by atoms with Gasteiger partial charge in [-0.2, -0.15) is 5.10 Å². The molecule has 3 rings (SSSR count). The monoisotopic (exact) mass is 258 g/mol. The normalized spacial score (nSPS) is 18.6. The summed E-state index contributed by atoms with van der Waals surface area (Å²) >= 11 is 0. The number of ether oxygens (including phenoxy) is 2. The first-order valence-corrected chi connectivity index (χ1v) is 6.16. The summed E-state index contributed by atoms with van der Waals surface area (Å²) in [6, 6.07) is 5.08. The van der Waals surface area contributed by atoms with Crippen LogP contribution in [0.2, 0.25) is 0 Å². The van der Waals surface area contributed by atoms with E-state index in [1.54, 1.807) is 18.2 Å². The molecule has 1 aromatic rings. The van der Waals surface area contributed by atoms with Gasteiger partial charge in [0, 0.05) is 5.56 Å². The summed E-state index contributed by atoms with van der Waals surface area (Å²) in [5, 5.41) is 4.11. The van der Waals surface area contributed by atoms with Crippen LogP contribution in [0.4, 0.5) is 0 Å². The Morgan fingerprint density at radius 3 is 2.89 bits per heavy atom. The van der Waals surface area contributed by atoms with Crippen LogP contribution in [0.25, 0.3) is 0 Å². The molecule has 1 aliphatic heterocycles. The number of amides is 1. The van der Waals surface area contributed by atoms with Crippen LogP contribution in [0.15, 0.2) is 34.9 Å². The average Bonchev–Trinajstić information content (AvgIpc) is 3.03. The van der Waals surface area contributed by atoms with Crippen LogP contribution < -0.4 is 14.9 Å². The lowest BCUT2D eigenvalue weighted by molar-refractivity contribution is 0.0954. The molecule has 19 heavy (non-hydrogen) atoms. The number of nitrogens with zero attached hydrogens (tertiary/aromatic N) is 1. The highest BCUT2D eigenvalue weighted by atomic mass is 16.7. The zero-order valence-electron chi connectivity index (χ0n) is 10.6. The molecular formula is C14H14N2O3. The Morgan fingerprint density at radius 1 is 1.26 bits per heavy atom. The van der Waals surface area contributed by atoms with E-state index in [0.29, 0.717) is 17.1 Å². The third-order valence-electron chi connectivity index (χ3n) is 3.12. The van der Waals surface area contributed by atoms with E-state index >= 15 is 0 Å². The fourth-order valence-corrected chi connectivity index (χ4v) is 2.07. The molecule has 1 heterocycles. The van der Waals surface area contributed by atoms with Gasteiger partial charge in [-0.25, -0.2) is 5.43 Å². The fraction of sp³-hybridized carbons (Fsp3) is 0.286. The summed E-state index contributed by atoms with van der Waals surface area (Å²) in [5.74, 6) is 1.01. The number of carbonyl (C=O) groups excluding carboxylic acids is 1. The van der Waals surface area contributed by atoms with Crippen molar-refractivity contribution < 1.29 is 14.3 Å². The number of allylic oxidation sites excluding steroid dienone is 2. The first-order chi connectivity index (χ1) is 9.22. The number of fused-ring (bicyclic) bond motifs is 1. The van der Waals surface area contributed by atoms with Crippen LogP contribution >= 0.6 is 0 Å². The molecular weight excluding hydrogens is 244 g/mol. The third kappa shape index (κ3) is 2.45. The first-order valence-electron chi connectivity index (χ1n) is 6.16. The van der Waals surface area contributed by atoms with Crippen LogP contribution in [0.5, 0.6) is 11.5 Å². The van der Waals surface area contributed by atoms with E-state index in [4.69, 9.17) is 9.47 Å². The van der Waals surface area contributed by atoms with Gasteiger partial charge in [0.15, 0.2) is 11.5 Å². The van der Waals surface area contributed by atoms with E-state index in [2.05, 4.69) is 17.5 Å². The Kier molecular flexibility index (Phi) is 2.95. The number of hydrogen-bond donors (Lipinski definition) is 1. The average molecular weight is 258 g/mol. The van der Waals surface area contributed by atoms with Gasteiger partial charge in [-0.1, -0.05) is 5.57 Å². The third-order valence-corrected chi connectivity index (χ3v) is 3.12. The van der Waals surface area contributed by atoms with Gasteiger partial charge in [-0.05, 0) is 44.0 Å². The summed E-state index contributed by atoms with van der Waals surface area (Å²) in [7, 11) is 0. The second-order valence-electron chi connectivity index (χ2n) is 4.60. The number of hydrogen-bond acceptors (Lipinski definition) is 4. The van der Waals surface area contributed by atoms with Crippen molar-refractivity contribution >= 4 is 11.6 Å². The smallest absolute Gasteiger partial charge is 0.271 e. The van der Waals surface area contributed by atoms with Gasteiger partial charge in [0.25, 0.3) is 5.91 Å². The molecule has 0 atom stereocenters. The number of rotatable bonds is 2. The Hall–Kier alpha value is -2.30. The van der Waals surface area contributed by atoms with Crippen LogP contribution in [-0.2, 0) is 0 Å². The maximum atomic E-state index is 11.9. The molecule has 0 unspecified atom stereocenters. The van der Waals surface area contributed by atoms with Crippen molar-refractivity contribution in [3.05, 3.63) is 35.4 Å². The lowest BCUT2D eigenvalue weighted by atomic mass is 10.2. The van der Waals surface area contributed by atoms with Gasteiger partial charge in [0.1, 0.15) is 0 Å². The van der Waals surface area contributed by atoms with Crippen molar-refractivity contribution in [3.8, 4) is 11.5 Å². The van der Waals surface area contributed by atoms with E-state index < -0.39 is 0 Å². The summed E-state index contributed by atoms with van der Waals surface area (Å²) in [5.41, 5.74) is 5.26. The van der Waals surface area contributed by atoms with Crippen molar-refractivity contribution in [1.29, 1.82) is 0 Å². The maximum Gasteiger partial charge on any atom is 0.271 e. The molecule has 0 bridgehead atoms. The quantitative estimate of drug-likeness (QED) is 0.827. The van der Waals surface area contributed by atoms with Crippen molar-refractivity contribution in [1.82, 2.24) is 5.43 Å². The summed E-state index contributed by atoms with van der Waals surface area (Å²) in [6.07, 6.45) is 3.89. The minimum absolute atomic E-state index is 0.201. The molecule has 0 spiro atoms. The zero-order valence-corrected chi connectivity index (χ0v) is 10.6. The van der Waals surface area contributed by atoms with Crippen molar-refractivity contribution in [2.45, 2.75) is 19.8 Å². The van der Waals surface area contributed by atoms with Gasteiger partial charge in [0.05, 0.1) is 5.71 Å². The molecule has 0 aromatic heterocycles. The van der Waals surface area contributed by atoms with Gasteiger partial charge >= 0.3 is 0 Å².